The van der Waals surface area contributed by atoms with Gasteiger partial charge in [0.2, 0.25) is 0 Å². The van der Waals surface area contributed by atoms with Crippen molar-refractivity contribution in [3.05, 3.63) is 71.0 Å². The van der Waals surface area contributed by atoms with Crippen molar-refractivity contribution in [3.8, 4) is 5.75 Å². The molecule has 26 heavy (non-hydrogen) atoms. The molecule has 0 aliphatic carbocycles. The monoisotopic (exact) mass is 410 g/mol. The van der Waals surface area contributed by atoms with Crippen LogP contribution in [0.2, 0.25) is 0 Å². The van der Waals surface area contributed by atoms with Crippen LogP contribution in [0.4, 0.5) is 0 Å². The summed E-state index contributed by atoms with van der Waals surface area (Å²) in [6.45, 7) is 2.63. The lowest BCUT2D eigenvalue weighted by atomic mass is 10.1. The van der Waals surface area contributed by atoms with Gasteiger partial charge >= 0.3 is 0 Å². The number of aryl methyl sites for hydroxylation is 1. The molecule has 0 aliphatic rings. The Morgan fingerprint density at radius 2 is 1.85 bits per heavy atom. The summed E-state index contributed by atoms with van der Waals surface area (Å²) in [6, 6.07) is 20.0. The molecule has 0 saturated carbocycles. The third-order valence-electron chi connectivity index (χ3n) is 4.45. The summed E-state index contributed by atoms with van der Waals surface area (Å²) in [5.74, 6) is 1.65. The highest BCUT2D eigenvalue weighted by Crippen LogP contribution is 2.24. The molecule has 0 bridgehead atoms. The Balaban J connectivity index is 1.46. The van der Waals surface area contributed by atoms with Crippen molar-refractivity contribution < 1.29 is 9.84 Å². The van der Waals surface area contributed by atoms with E-state index in [1.165, 1.54) is 0 Å². The standard InChI is InChI=1S/C21H19BrN2O2/c1-14-23-20-4-2-3-5-21(20)24(14)12-18(25)13-26-19-9-7-15-10-17(22)8-6-16(15)11-19/h2-11,18,25H,12-13H2,1H3/t18-/m1/s1. The van der Waals surface area contributed by atoms with E-state index >= 15 is 0 Å². The maximum Gasteiger partial charge on any atom is 0.120 e. The quantitative estimate of drug-likeness (QED) is 0.518. The van der Waals surface area contributed by atoms with Gasteiger partial charge in [0, 0.05) is 4.47 Å². The first-order valence-electron chi connectivity index (χ1n) is 8.52. The second-order valence-electron chi connectivity index (χ2n) is 6.38. The number of aliphatic hydroxyl groups is 1. The number of rotatable bonds is 5. The summed E-state index contributed by atoms with van der Waals surface area (Å²) < 4.78 is 8.89. The van der Waals surface area contributed by atoms with Crippen molar-refractivity contribution >= 4 is 37.7 Å². The van der Waals surface area contributed by atoms with Gasteiger partial charge in [-0.2, -0.15) is 0 Å². The zero-order chi connectivity index (χ0) is 18.1. The summed E-state index contributed by atoms with van der Waals surface area (Å²) in [4.78, 5) is 4.53. The zero-order valence-corrected chi connectivity index (χ0v) is 16.0. The van der Waals surface area contributed by atoms with Gasteiger partial charge in [-0.05, 0) is 54.1 Å². The molecule has 132 valence electrons. The average Bonchev–Trinajstić information content (AvgIpc) is 2.95. The molecule has 4 rings (SSSR count). The second kappa shape index (κ2) is 7.09. The fourth-order valence-corrected chi connectivity index (χ4v) is 3.55. The Morgan fingerprint density at radius 3 is 2.73 bits per heavy atom. The topological polar surface area (TPSA) is 47.3 Å². The van der Waals surface area contributed by atoms with E-state index in [9.17, 15) is 5.11 Å². The second-order valence-corrected chi connectivity index (χ2v) is 7.29. The number of aromatic nitrogens is 2. The highest BCUT2D eigenvalue weighted by Gasteiger charge is 2.12. The minimum atomic E-state index is -0.619. The van der Waals surface area contributed by atoms with Gasteiger partial charge < -0.3 is 14.4 Å². The lowest BCUT2D eigenvalue weighted by molar-refractivity contribution is 0.0930. The molecule has 1 heterocycles. The number of hydrogen-bond acceptors (Lipinski definition) is 3. The van der Waals surface area contributed by atoms with Crippen molar-refractivity contribution in [2.75, 3.05) is 6.61 Å². The molecule has 4 aromatic rings. The fraction of sp³-hybridized carbons (Fsp3) is 0.190. The van der Waals surface area contributed by atoms with E-state index in [-0.39, 0.29) is 6.61 Å². The molecule has 0 radical (unpaired) electrons. The number of halogens is 1. The van der Waals surface area contributed by atoms with Crippen LogP contribution in [0.5, 0.6) is 5.75 Å². The SMILES string of the molecule is Cc1nc2ccccc2n1C[C@@H](O)COc1ccc2cc(Br)ccc2c1. The third-order valence-corrected chi connectivity index (χ3v) is 4.95. The van der Waals surface area contributed by atoms with E-state index in [1.807, 2.05) is 66.1 Å². The summed E-state index contributed by atoms with van der Waals surface area (Å²) in [5.41, 5.74) is 1.97. The lowest BCUT2D eigenvalue weighted by Gasteiger charge is -2.15. The maximum atomic E-state index is 10.4. The van der Waals surface area contributed by atoms with Gasteiger partial charge in [-0.25, -0.2) is 4.98 Å². The number of ether oxygens (including phenoxy) is 1. The summed E-state index contributed by atoms with van der Waals surface area (Å²) in [6.07, 6.45) is -0.619. The van der Waals surface area contributed by atoms with Crippen LogP contribution in [0.15, 0.2) is 65.1 Å². The normalized spacial score (nSPS) is 12.6. The van der Waals surface area contributed by atoms with Gasteiger partial charge in [0.25, 0.3) is 0 Å². The molecule has 0 amide bonds. The highest BCUT2D eigenvalue weighted by molar-refractivity contribution is 9.10. The summed E-state index contributed by atoms with van der Waals surface area (Å²) in [7, 11) is 0. The number of hydrogen-bond donors (Lipinski definition) is 1. The Hall–Kier alpha value is -2.37. The van der Waals surface area contributed by atoms with Gasteiger partial charge in [-0.3, -0.25) is 0 Å². The predicted molar refractivity (Wildman–Crippen MR) is 108 cm³/mol. The lowest BCUT2D eigenvalue weighted by Crippen LogP contribution is -2.24. The predicted octanol–water partition coefficient (Wildman–Crippen LogP) is 4.70. The van der Waals surface area contributed by atoms with Crippen LogP contribution in [0.25, 0.3) is 21.8 Å². The van der Waals surface area contributed by atoms with Crippen LogP contribution in [-0.2, 0) is 6.54 Å². The zero-order valence-electron chi connectivity index (χ0n) is 14.4. The number of fused-ring (bicyclic) bond motifs is 2. The first-order valence-corrected chi connectivity index (χ1v) is 9.31. The van der Waals surface area contributed by atoms with E-state index in [4.69, 9.17) is 4.74 Å². The number of imidazole rings is 1. The Morgan fingerprint density at radius 1 is 1.08 bits per heavy atom. The highest BCUT2D eigenvalue weighted by atomic mass is 79.9. The molecule has 5 heteroatoms. The van der Waals surface area contributed by atoms with Crippen LogP contribution >= 0.6 is 15.9 Å². The largest absolute Gasteiger partial charge is 0.491 e. The maximum absolute atomic E-state index is 10.4. The van der Waals surface area contributed by atoms with Crippen LogP contribution < -0.4 is 4.74 Å². The van der Waals surface area contributed by atoms with Crippen LogP contribution in [0, 0.1) is 6.92 Å². The average molecular weight is 411 g/mol. The van der Waals surface area contributed by atoms with Crippen molar-refractivity contribution in [2.24, 2.45) is 0 Å². The molecule has 0 saturated heterocycles. The summed E-state index contributed by atoms with van der Waals surface area (Å²) in [5, 5.41) is 12.7. The minimum absolute atomic E-state index is 0.230. The number of aliphatic hydroxyl groups excluding tert-OH is 1. The van der Waals surface area contributed by atoms with Gasteiger partial charge in [-0.15, -0.1) is 0 Å². The third kappa shape index (κ3) is 3.45. The van der Waals surface area contributed by atoms with E-state index in [0.29, 0.717) is 6.54 Å². The molecule has 0 unspecified atom stereocenters. The smallest absolute Gasteiger partial charge is 0.120 e. The van der Waals surface area contributed by atoms with Crippen LogP contribution in [0.1, 0.15) is 5.82 Å². The Bertz CT molecular complexity index is 1070. The first-order chi connectivity index (χ1) is 12.6. The van der Waals surface area contributed by atoms with Crippen molar-refractivity contribution in [1.82, 2.24) is 9.55 Å². The molecule has 1 atom stereocenters. The van der Waals surface area contributed by atoms with Gasteiger partial charge in [0.15, 0.2) is 0 Å². The summed E-state index contributed by atoms with van der Waals surface area (Å²) >= 11 is 3.48. The van der Waals surface area contributed by atoms with E-state index in [1.54, 1.807) is 0 Å². The molecule has 4 nitrogen and oxygen atoms in total. The van der Waals surface area contributed by atoms with Crippen molar-refractivity contribution in [3.63, 3.8) is 0 Å². The van der Waals surface area contributed by atoms with Crippen LogP contribution in [0.3, 0.4) is 0 Å². The Labute approximate surface area is 160 Å². The van der Waals surface area contributed by atoms with Crippen molar-refractivity contribution in [2.45, 2.75) is 19.6 Å². The van der Waals surface area contributed by atoms with Gasteiger partial charge in [0.05, 0.1) is 17.6 Å². The number of nitrogens with zero attached hydrogens (tertiary/aromatic N) is 2. The molecule has 3 aromatic carbocycles. The fourth-order valence-electron chi connectivity index (χ4n) is 3.17. The first kappa shape index (κ1) is 17.1. The van der Waals surface area contributed by atoms with Crippen LogP contribution in [-0.4, -0.2) is 27.4 Å². The van der Waals surface area contributed by atoms with E-state index in [2.05, 4.69) is 27.0 Å². The molecule has 0 fully saturated rings. The van der Waals surface area contributed by atoms with Gasteiger partial charge in [-0.1, -0.05) is 40.2 Å². The molecule has 1 aromatic heterocycles. The Kier molecular flexibility index (Phi) is 4.66. The molecular formula is C21H19BrN2O2. The molecule has 1 N–H and O–H groups in total. The number of para-hydroxylation sites is 2. The van der Waals surface area contributed by atoms with Crippen molar-refractivity contribution in [1.29, 1.82) is 0 Å². The molecule has 0 spiro atoms. The van der Waals surface area contributed by atoms with Gasteiger partial charge in [0.1, 0.15) is 24.3 Å². The molecule has 0 aliphatic heterocycles. The van der Waals surface area contributed by atoms with E-state index < -0.39 is 6.10 Å². The molecular weight excluding hydrogens is 392 g/mol. The van der Waals surface area contributed by atoms with E-state index in [0.717, 1.165) is 37.9 Å². The number of benzene rings is 3. The minimum Gasteiger partial charge on any atom is -0.491 e.